The van der Waals surface area contributed by atoms with Crippen molar-refractivity contribution in [3.63, 3.8) is 0 Å². The molecule has 0 aromatic heterocycles. The average molecular weight is 336 g/mol. The van der Waals surface area contributed by atoms with Gasteiger partial charge in [0.1, 0.15) is 0 Å². The number of carbonyl (C=O) groups is 1. The van der Waals surface area contributed by atoms with E-state index in [9.17, 15) is 4.79 Å². The van der Waals surface area contributed by atoms with Crippen LogP contribution in [0.4, 0.5) is 5.69 Å². The van der Waals surface area contributed by atoms with E-state index >= 15 is 0 Å². The minimum Gasteiger partial charge on any atom is -0.325 e. The Labute approximate surface area is 125 Å². The first kappa shape index (κ1) is 14.2. The highest BCUT2D eigenvalue weighted by molar-refractivity contribution is 9.10. The number of carbonyl (C=O) groups excluding carboxylic acids is 1. The van der Waals surface area contributed by atoms with Crippen molar-refractivity contribution in [3.8, 4) is 0 Å². The molecule has 2 aromatic carbocycles. The molecule has 1 N–H and O–H groups in total. The fraction of sp³-hybridized carbons (Fsp3) is 0.133. The molecule has 0 saturated heterocycles. The van der Waals surface area contributed by atoms with Gasteiger partial charge >= 0.3 is 0 Å². The molecule has 0 aliphatic carbocycles. The number of hydrogen-bond acceptors (Lipinski definition) is 2. The molecule has 0 spiro atoms. The molecule has 2 rings (SSSR count). The van der Waals surface area contributed by atoms with Crippen LogP contribution in [0.5, 0.6) is 0 Å². The summed E-state index contributed by atoms with van der Waals surface area (Å²) in [6.45, 7) is 2.00. The maximum absolute atomic E-state index is 11.9. The second kappa shape index (κ2) is 6.78. The maximum atomic E-state index is 11.9. The number of benzene rings is 2. The summed E-state index contributed by atoms with van der Waals surface area (Å²) >= 11 is 4.95. The van der Waals surface area contributed by atoms with Crippen LogP contribution in [-0.2, 0) is 4.79 Å². The lowest BCUT2D eigenvalue weighted by molar-refractivity contribution is -0.113. The molecule has 0 saturated carbocycles. The van der Waals surface area contributed by atoms with Crippen molar-refractivity contribution in [2.75, 3.05) is 11.1 Å². The number of thioether (sulfide) groups is 1. The SMILES string of the molecule is Cc1cc(Br)cc(NC(=O)CSc2ccccc2)c1. The Hall–Kier alpha value is -1.26. The maximum Gasteiger partial charge on any atom is 0.234 e. The predicted molar refractivity (Wildman–Crippen MR) is 84.7 cm³/mol. The lowest BCUT2D eigenvalue weighted by Gasteiger charge is -2.07. The van der Waals surface area contributed by atoms with Crippen LogP contribution in [0.15, 0.2) is 57.9 Å². The van der Waals surface area contributed by atoms with E-state index in [0.717, 1.165) is 20.6 Å². The van der Waals surface area contributed by atoms with Gasteiger partial charge in [-0.15, -0.1) is 11.8 Å². The molecule has 98 valence electrons. The third kappa shape index (κ3) is 4.73. The topological polar surface area (TPSA) is 29.1 Å². The number of nitrogens with one attached hydrogen (secondary N) is 1. The van der Waals surface area contributed by atoms with E-state index in [1.807, 2.05) is 55.5 Å². The monoisotopic (exact) mass is 335 g/mol. The van der Waals surface area contributed by atoms with Gasteiger partial charge in [-0.1, -0.05) is 34.1 Å². The average Bonchev–Trinajstić information content (AvgIpc) is 2.36. The van der Waals surface area contributed by atoms with Crippen molar-refractivity contribution in [2.24, 2.45) is 0 Å². The minimum absolute atomic E-state index is 0.00588. The number of hydrogen-bond donors (Lipinski definition) is 1. The van der Waals surface area contributed by atoms with Gasteiger partial charge in [0.2, 0.25) is 5.91 Å². The zero-order chi connectivity index (χ0) is 13.7. The fourth-order valence-electron chi connectivity index (χ4n) is 1.67. The summed E-state index contributed by atoms with van der Waals surface area (Å²) in [6.07, 6.45) is 0. The minimum atomic E-state index is 0.00588. The summed E-state index contributed by atoms with van der Waals surface area (Å²) in [5.74, 6) is 0.418. The van der Waals surface area contributed by atoms with Crippen molar-refractivity contribution < 1.29 is 4.79 Å². The summed E-state index contributed by atoms with van der Waals surface area (Å²) in [4.78, 5) is 13.0. The number of aryl methyl sites for hydroxylation is 1. The van der Waals surface area contributed by atoms with Gasteiger partial charge in [-0.3, -0.25) is 4.79 Å². The molecular formula is C15H14BrNOS. The second-order valence-corrected chi connectivity index (χ2v) is 6.13. The third-order valence-corrected chi connectivity index (χ3v) is 3.91. The van der Waals surface area contributed by atoms with E-state index < -0.39 is 0 Å². The van der Waals surface area contributed by atoms with Gasteiger partial charge in [0.05, 0.1) is 5.75 Å². The third-order valence-electron chi connectivity index (χ3n) is 2.44. The van der Waals surface area contributed by atoms with Crippen LogP contribution >= 0.6 is 27.7 Å². The molecule has 0 fully saturated rings. The Balaban J connectivity index is 1.91. The van der Waals surface area contributed by atoms with Gasteiger partial charge in [-0.2, -0.15) is 0 Å². The Bertz CT molecular complexity index is 551. The lowest BCUT2D eigenvalue weighted by atomic mass is 10.2. The van der Waals surface area contributed by atoms with Gasteiger partial charge < -0.3 is 5.32 Å². The van der Waals surface area contributed by atoms with Gasteiger partial charge in [0, 0.05) is 15.1 Å². The van der Waals surface area contributed by atoms with E-state index in [4.69, 9.17) is 0 Å². The van der Waals surface area contributed by atoms with Gasteiger partial charge in [-0.05, 0) is 42.8 Å². The normalized spacial score (nSPS) is 10.2. The van der Waals surface area contributed by atoms with Crippen LogP contribution in [0, 0.1) is 6.92 Å². The van der Waals surface area contributed by atoms with E-state index in [2.05, 4.69) is 21.2 Å². The zero-order valence-corrected chi connectivity index (χ0v) is 12.9. The zero-order valence-electron chi connectivity index (χ0n) is 10.5. The Kier molecular flexibility index (Phi) is 5.05. The summed E-state index contributed by atoms with van der Waals surface area (Å²) < 4.78 is 0.971. The van der Waals surface area contributed by atoms with Crippen LogP contribution in [0.2, 0.25) is 0 Å². The van der Waals surface area contributed by atoms with Crippen LogP contribution in [0.25, 0.3) is 0 Å². The van der Waals surface area contributed by atoms with Crippen LogP contribution in [0.1, 0.15) is 5.56 Å². The second-order valence-electron chi connectivity index (χ2n) is 4.17. The van der Waals surface area contributed by atoms with Crippen molar-refractivity contribution >= 4 is 39.3 Å². The molecule has 0 atom stereocenters. The van der Waals surface area contributed by atoms with E-state index in [1.54, 1.807) is 0 Å². The number of halogens is 1. The summed E-state index contributed by atoms with van der Waals surface area (Å²) in [7, 11) is 0. The fourth-order valence-corrected chi connectivity index (χ4v) is 3.00. The quantitative estimate of drug-likeness (QED) is 0.834. The molecule has 0 aliphatic rings. The smallest absolute Gasteiger partial charge is 0.234 e. The van der Waals surface area contributed by atoms with Crippen LogP contribution in [-0.4, -0.2) is 11.7 Å². The Morgan fingerprint density at radius 3 is 2.63 bits per heavy atom. The molecule has 19 heavy (non-hydrogen) atoms. The van der Waals surface area contributed by atoms with Crippen LogP contribution < -0.4 is 5.32 Å². The highest BCUT2D eigenvalue weighted by Gasteiger charge is 2.04. The van der Waals surface area contributed by atoms with E-state index in [1.165, 1.54) is 11.8 Å². The van der Waals surface area contributed by atoms with Crippen molar-refractivity contribution in [3.05, 3.63) is 58.6 Å². The summed E-state index contributed by atoms with van der Waals surface area (Å²) in [5.41, 5.74) is 1.94. The van der Waals surface area contributed by atoms with Gasteiger partial charge in [0.25, 0.3) is 0 Å². The molecular weight excluding hydrogens is 322 g/mol. The Morgan fingerprint density at radius 2 is 1.95 bits per heavy atom. The van der Waals surface area contributed by atoms with E-state index in [0.29, 0.717) is 5.75 Å². The van der Waals surface area contributed by atoms with Crippen molar-refractivity contribution in [1.82, 2.24) is 0 Å². The highest BCUT2D eigenvalue weighted by Crippen LogP contribution is 2.20. The Morgan fingerprint density at radius 1 is 1.21 bits per heavy atom. The molecule has 1 amide bonds. The number of anilines is 1. The van der Waals surface area contributed by atoms with E-state index in [-0.39, 0.29) is 5.91 Å². The first-order valence-corrected chi connectivity index (χ1v) is 7.66. The molecule has 2 nitrogen and oxygen atoms in total. The first-order valence-electron chi connectivity index (χ1n) is 5.88. The highest BCUT2D eigenvalue weighted by atomic mass is 79.9. The molecule has 4 heteroatoms. The molecule has 0 heterocycles. The van der Waals surface area contributed by atoms with Crippen molar-refractivity contribution in [1.29, 1.82) is 0 Å². The first-order chi connectivity index (χ1) is 9.13. The molecule has 0 bridgehead atoms. The largest absolute Gasteiger partial charge is 0.325 e. The standard InChI is InChI=1S/C15H14BrNOS/c1-11-7-12(16)9-13(8-11)17-15(18)10-19-14-5-3-2-4-6-14/h2-9H,10H2,1H3,(H,17,18). The van der Waals surface area contributed by atoms with Gasteiger partial charge in [-0.25, -0.2) is 0 Å². The number of amides is 1. The van der Waals surface area contributed by atoms with Crippen LogP contribution in [0.3, 0.4) is 0 Å². The molecule has 0 aliphatic heterocycles. The lowest BCUT2D eigenvalue weighted by Crippen LogP contribution is -2.14. The molecule has 2 aromatic rings. The molecule has 0 radical (unpaired) electrons. The summed E-state index contributed by atoms with van der Waals surface area (Å²) in [5, 5.41) is 2.90. The predicted octanol–water partition coefficient (Wildman–Crippen LogP) is 4.49. The number of rotatable bonds is 4. The molecule has 0 unspecified atom stereocenters. The summed E-state index contributed by atoms with van der Waals surface area (Å²) in [6, 6.07) is 15.8. The van der Waals surface area contributed by atoms with Gasteiger partial charge in [0.15, 0.2) is 0 Å². The van der Waals surface area contributed by atoms with Crippen molar-refractivity contribution in [2.45, 2.75) is 11.8 Å².